The quantitative estimate of drug-likeness (QED) is 0.879. The Bertz CT molecular complexity index is 403. The van der Waals surface area contributed by atoms with Gasteiger partial charge >= 0.3 is 0 Å². The maximum absolute atomic E-state index is 10.2. The van der Waals surface area contributed by atoms with Crippen LogP contribution in [-0.4, -0.2) is 17.8 Å². The van der Waals surface area contributed by atoms with Gasteiger partial charge in [-0.3, -0.25) is 0 Å². The largest absolute Gasteiger partial charge is 0.388 e. The van der Waals surface area contributed by atoms with Crippen molar-refractivity contribution in [2.45, 2.75) is 38.4 Å². The van der Waals surface area contributed by atoms with Crippen LogP contribution in [0.1, 0.15) is 37.9 Å². The molecule has 0 radical (unpaired) electrons. The molecule has 0 aliphatic heterocycles. The third-order valence-corrected chi connectivity index (χ3v) is 4.05. The summed E-state index contributed by atoms with van der Waals surface area (Å²) in [6.45, 7) is 2.77. The van der Waals surface area contributed by atoms with Crippen molar-refractivity contribution in [3.63, 3.8) is 0 Å². The Labute approximate surface area is 118 Å². The van der Waals surface area contributed by atoms with E-state index in [2.05, 4.69) is 0 Å². The van der Waals surface area contributed by atoms with Gasteiger partial charge in [0.25, 0.3) is 0 Å². The van der Waals surface area contributed by atoms with Crippen molar-refractivity contribution >= 4 is 23.2 Å². The highest BCUT2D eigenvalue weighted by atomic mass is 35.5. The zero-order valence-corrected chi connectivity index (χ0v) is 11.9. The highest BCUT2D eigenvalue weighted by Gasteiger charge is 2.31. The fourth-order valence-electron chi connectivity index (χ4n) is 2.45. The molecule has 0 saturated heterocycles. The Morgan fingerprint density at radius 2 is 2.11 bits per heavy atom. The first-order valence-electron chi connectivity index (χ1n) is 6.34. The molecule has 0 bridgehead atoms. The molecular formula is C14H18Cl2O2. The van der Waals surface area contributed by atoms with E-state index in [1.165, 1.54) is 0 Å². The summed E-state index contributed by atoms with van der Waals surface area (Å²) in [6.07, 6.45) is 2.63. The number of hydrogen-bond donors (Lipinski definition) is 1. The third kappa shape index (κ3) is 3.39. The molecule has 2 nitrogen and oxygen atoms in total. The lowest BCUT2D eigenvalue weighted by Gasteiger charge is -2.36. The molecule has 1 aliphatic rings. The zero-order chi connectivity index (χ0) is 13.1. The average Bonchev–Trinajstić information content (AvgIpc) is 2.29. The van der Waals surface area contributed by atoms with Crippen LogP contribution in [0.25, 0.3) is 0 Å². The van der Waals surface area contributed by atoms with E-state index in [9.17, 15) is 5.11 Å². The van der Waals surface area contributed by atoms with E-state index < -0.39 is 6.10 Å². The van der Waals surface area contributed by atoms with E-state index >= 15 is 0 Å². The van der Waals surface area contributed by atoms with Crippen LogP contribution in [0.4, 0.5) is 0 Å². The zero-order valence-electron chi connectivity index (χ0n) is 10.4. The van der Waals surface area contributed by atoms with E-state index in [0.29, 0.717) is 22.1 Å². The number of rotatable bonds is 5. The van der Waals surface area contributed by atoms with E-state index in [-0.39, 0.29) is 0 Å². The van der Waals surface area contributed by atoms with Crippen LogP contribution in [0, 0.1) is 5.92 Å². The van der Waals surface area contributed by atoms with Gasteiger partial charge < -0.3 is 9.84 Å². The molecule has 18 heavy (non-hydrogen) atoms. The van der Waals surface area contributed by atoms with Crippen LogP contribution in [-0.2, 0) is 4.74 Å². The number of hydrogen-bond acceptors (Lipinski definition) is 2. The van der Waals surface area contributed by atoms with E-state index in [1.54, 1.807) is 18.2 Å². The molecule has 0 aromatic heterocycles. The average molecular weight is 289 g/mol. The van der Waals surface area contributed by atoms with Crippen molar-refractivity contribution in [1.82, 2.24) is 0 Å². The maximum atomic E-state index is 10.2. The van der Waals surface area contributed by atoms with Crippen molar-refractivity contribution in [2.24, 2.45) is 5.92 Å². The summed E-state index contributed by atoms with van der Waals surface area (Å²) in [5, 5.41) is 11.4. The molecule has 100 valence electrons. The van der Waals surface area contributed by atoms with Crippen LogP contribution >= 0.6 is 23.2 Å². The van der Waals surface area contributed by atoms with Crippen molar-refractivity contribution in [3.05, 3.63) is 33.8 Å². The summed E-state index contributed by atoms with van der Waals surface area (Å²) < 4.78 is 5.51. The third-order valence-electron chi connectivity index (χ3n) is 3.47. The van der Waals surface area contributed by atoms with Gasteiger partial charge in [0.05, 0.1) is 12.2 Å². The molecule has 0 spiro atoms. The fraction of sp³-hybridized carbons (Fsp3) is 0.571. The van der Waals surface area contributed by atoms with Gasteiger partial charge in [0.15, 0.2) is 0 Å². The monoisotopic (exact) mass is 288 g/mol. The van der Waals surface area contributed by atoms with Gasteiger partial charge in [-0.15, -0.1) is 0 Å². The van der Waals surface area contributed by atoms with Crippen LogP contribution < -0.4 is 0 Å². The molecule has 1 atom stereocenters. The lowest BCUT2D eigenvalue weighted by molar-refractivity contribution is -0.0380. The van der Waals surface area contributed by atoms with E-state index in [4.69, 9.17) is 27.9 Å². The maximum Gasteiger partial charge on any atom is 0.0807 e. The van der Waals surface area contributed by atoms with Gasteiger partial charge in [-0.2, -0.15) is 0 Å². The summed E-state index contributed by atoms with van der Waals surface area (Å²) in [4.78, 5) is 0. The number of halogens is 2. The highest BCUT2D eigenvalue weighted by Crippen LogP contribution is 2.38. The van der Waals surface area contributed by atoms with Gasteiger partial charge in [0.2, 0.25) is 0 Å². The Balaban J connectivity index is 1.89. The van der Waals surface area contributed by atoms with Gasteiger partial charge in [-0.1, -0.05) is 23.2 Å². The van der Waals surface area contributed by atoms with Crippen LogP contribution in [0.3, 0.4) is 0 Å². The Kier molecular flexibility index (Phi) is 4.91. The summed E-state index contributed by atoms with van der Waals surface area (Å²) in [5.74, 6) is 0.520. The van der Waals surface area contributed by atoms with Gasteiger partial charge in [-0.05, 0) is 50.3 Å². The SMILES string of the molecule is CCOC1CC(CC(O)c2cc(Cl)ccc2Cl)C1. The van der Waals surface area contributed by atoms with Crippen LogP contribution in [0.2, 0.25) is 10.0 Å². The number of aliphatic hydroxyl groups is 1. The molecule has 1 aliphatic carbocycles. The summed E-state index contributed by atoms with van der Waals surface area (Å²) >= 11 is 12.0. The lowest BCUT2D eigenvalue weighted by atomic mass is 9.78. The number of benzene rings is 1. The molecule has 1 fully saturated rings. The predicted molar refractivity (Wildman–Crippen MR) is 74.2 cm³/mol. The normalized spacial score (nSPS) is 24.7. The smallest absolute Gasteiger partial charge is 0.0807 e. The molecule has 0 amide bonds. The molecule has 0 heterocycles. The molecule has 2 rings (SSSR count). The molecule has 1 N–H and O–H groups in total. The second-order valence-corrected chi connectivity index (χ2v) is 5.68. The van der Waals surface area contributed by atoms with Gasteiger partial charge in [0, 0.05) is 22.2 Å². The Morgan fingerprint density at radius 3 is 2.78 bits per heavy atom. The first-order valence-corrected chi connectivity index (χ1v) is 7.10. The lowest BCUT2D eigenvalue weighted by Crippen LogP contribution is -2.32. The number of aliphatic hydroxyl groups excluding tert-OH is 1. The fourth-order valence-corrected chi connectivity index (χ4v) is 2.88. The van der Waals surface area contributed by atoms with Gasteiger partial charge in [-0.25, -0.2) is 0 Å². The topological polar surface area (TPSA) is 29.5 Å². The number of ether oxygens (including phenoxy) is 1. The van der Waals surface area contributed by atoms with E-state index in [1.807, 2.05) is 6.92 Å². The Morgan fingerprint density at radius 1 is 1.39 bits per heavy atom. The van der Waals surface area contributed by atoms with Crippen molar-refractivity contribution in [3.8, 4) is 0 Å². The molecular weight excluding hydrogens is 271 g/mol. The minimum Gasteiger partial charge on any atom is -0.388 e. The first kappa shape index (κ1) is 14.1. The summed E-state index contributed by atoms with van der Waals surface area (Å²) in [7, 11) is 0. The molecule has 1 aromatic carbocycles. The van der Waals surface area contributed by atoms with Crippen LogP contribution in [0.5, 0.6) is 0 Å². The van der Waals surface area contributed by atoms with Gasteiger partial charge in [0.1, 0.15) is 0 Å². The van der Waals surface area contributed by atoms with Crippen LogP contribution in [0.15, 0.2) is 18.2 Å². The standard InChI is InChI=1S/C14H18Cl2O2/c1-2-18-11-5-9(6-11)7-14(17)12-8-10(15)3-4-13(12)16/h3-4,8-9,11,14,17H,2,5-7H2,1H3. The second kappa shape index (κ2) is 6.25. The molecule has 1 aromatic rings. The summed E-state index contributed by atoms with van der Waals surface area (Å²) in [6, 6.07) is 5.20. The van der Waals surface area contributed by atoms with Crippen molar-refractivity contribution < 1.29 is 9.84 Å². The minimum atomic E-state index is -0.538. The second-order valence-electron chi connectivity index (χ2n) is 4.83. The van der Waals surface area contributed by atoms with E-state index in [0.717, 1.165) is 31.4 Å². The highest BCUT2D eigenvalue weighted by molar-refractivity contribution is 6.33. The van der Waals surface area contributed by atoms with Crippen molar-refractivity contribution in [2.75, 3.05) is 6.61 Å². The summed E-state index contributed by atoms with van der Waals surface area (Å²) in [5.41, 5.74) is 0.726. The Hall–Kier alpha value is -0.280. The molecule has 4 heteroatoms. The molecule has 1 unspecified atom stereocenters. The predicted octanol–water partition coefficient (Wildman–Crippen LogP) is 4.23. The minimum absolute atomic E-state index is 0.377. The van der Waals surface area contributed by atoms with Crippen molar-refractivity contribution in [1.29, 1.82) is 0 Å². The molecule has 1 saturated carbocycles. The first-order chi connectivity index (χ1) is 8.60.